The molecular formula is C16H27BrN2. The van der Waals surface area contributed by atoms with Crippen molar-refractivity contribution in [3.8, 4) is 0 Å². The van der Waals surface area contributed by atoms with Gasteiger partial charge < -0.3 is 5.32 Å². The van der Waals surface area contributed by atoms with Crippen LogP contribution >= 0.6 is 15.9 Å². The van der Waals surface area contributed by atoms with Gasteiger partial charge in [0.05, 0.1) is 5.69 Å². The molecule has 0 aliphatic carbocycles. The van der Waals surface area contributed by atoms with Gasteiger partial charge in [-0.05, 0) is 46.9 Å². The Balaban J connectivity index is 2.67. The van der Waals surface area contributed by atoms with Crippen LogP contribution in [-0.2, 0) is 0 Å². The Morgan fingerprint density at radius 3 is 2.58 bits per heavy atom. The van der Waals surface area contributed by atoms with Gasteiger partial charge in [0.1, 0.15) is 0 Å². The minimum Gasteiger partial charge on any atom is -0.309 e. The van der Waals surface area contributed by atoms with E-state index in [0.717, 1.165) is 16.9 Å². The van der Waals surface area contributed by atoms with Gasteiger partial charge >= 0.3 is 0 Å². The molecule has 2 atom stereocenters. The van der Waals surface area contributed by atoms with Crippen LogP contribution < -0.4 is 5.32 Å². The highest BCUT2D eigenvalue weighted by molar-refractivity contribution is 9.10. The molecule has 1 rings (SSSR count). The van der Waals surface area contributed by atoms with Crippen molar-refractivity contribution in [1.82, 2.24) is 10.3 Å². The van der Waals surface area contributed by atoms with Crippen LogP contribution in [0.1, 0.15) is 64.6 Å². The number of unbranched alkanes of at least 4 members (excludes halogenated alkanes) is 1. The maximum atomic E-state index is 4.56. The van der Waals surface area contributed by atoms with E-state index in [-0.39, 0.29) is 0 Å². The summed E-state index contributed by atoms with van der Waals surface area (Å²) in [6.07, 6.45) is 8.32. The molecule has 19 heavy (non-hydrogen) atoms. The van der Waals surface area contributed by atoms with Gasteiger partial charge in [-0.25, -0.2) is 0 Å². The second-order valence-corrected chi connectivity index (χ2v) is 6.08. The first-order chi connectivity index (χ1) is 9.21. The lowest BCUT2D eigenvalue weighted by molar-refractivity contribution is 0.353. The summed E-state index contributed by atoms with van der Waals surface area (Å²) in [5.41, 5.74) is 1.17. The number of halogens is 1. The van der Waals surface area contributed by atoms with Crippen LogP contribution in [-0.4, -0.2) is 11.5 Å². The van der Waals surface area contributed by atoms with Gasteiger partial charge in [0.25, 0.3) is 0 Å². The fraction of sp³-hybridized carbons (Fsp3) is 0.688. The van der Waals surface area contributed by atoms with Gasteiger partial charge in [-0.2, -0.15) is 0 Å². The summed E-state index contributed by atoms with van der Waals surface area (Å²) in [5.74, 6) is 0.800. The minimum atomic E-state index is 0.389. The number of pyridine rings is 1. The average molecular weight is 327 g/mol. The Labute approximate surface area is 126 Å². The number of nitrogens with one attached hydrogen (secondary N) is 1. The lowest BCUT2D eigenvalue weighted by Gasteiger charge is -2.23. The van der Waals surface area contributed by atoms with Crippen LogP contribution in [0.15, 0.2) is 22.8 Å². The van der Waals surface area contributed by atoms with Crippen molar-refractivity contribution in [3.63, 3.8) is 0 Å². The summed E-state index contributed by atoms with van der Waals surface area (Å²) in [5, 5.41) is 3.58. The van der Waals surface area contributed by atoms with Gasteiger partial charge in [0.15, 0.2) is 0 Å². The number of aromatic nitrogens is 1. The van der Waals surface area contributed by atoms with E-state index in [2.05, 4.69) is 59.1 Å². The van der Waals surface area contributed by atoms with Crippen LogP contribution in [0.25, 0.3) is 0 Å². The molecule has 0 aliphatic rings. The van der Waals surface area contributed by atoms with Crippen molar-refractivity contribution in [1.29, 1.82) is 0 Å². The Morgan fingerprint density at radius 2 is 2.05 bits per heavy atom. The summed E-state index contributed by atoms with van der Waals surface area (Å²) < 4.78 is 1.05. The molecule has 0 amide bonds. The topological polar surface area (TPSA) is 24.9 Å². The van der Waals surface area contributed by atoms with Crippen LogP contribution in [0.2, 0.25) is 0 Å². The molecule has 1 heterocycles. The molecular weight excluding hydrogens is 300 g/mol. The SMILES string of the molecule is CCCCC(CC)CC(NCC)c1ccc(Br)cn1. The molecule has 1 aromatic heterocycles. The third-order valence-electron chi connectivity index (χ3n) is 3.67. The maximum Gasteiger partial charge on any atom is 0.0574 e. The second kappa shape index (κ2) is 9.49. The van der Waals surface area contributed by atoms with Crippen molar-refractivity contribution in [2.24, 2.45) is 5.92 Å². The normalized spacial score (nSPS) is 14.3. The molecule has 0 fully saturated rings. The fourth-order valence-electron chi connectivity index (χ4n) is 2.46. The van der Waals surface area contributed by atoms with Crippen LogP contribution in [0, 0.1) is 5.92 Å². The minimum absolute atomic E-state index is 0.389. The second-order valence-electron chi connectivity index (χ2n) is 5.16. The number of hydrogen-bond acceptors (Lipinski definition) is 2. The van der Waals surface area contributed by atoms with Gasteiger partial charge in [-0.3, -0.25) is 4.98 Å². The first-order valence-corrected chi connectivity index (χ1v) is 8.35. The molecule has 0 aromatic carbocycles. The van der Waals surface area contributed by atoms with E-state index in [1.54, 1.807) is 0 Å². The molecule has 3 heteroatoms. The zero-order valence-electron chi connectivity index (χ0n) is 12.5. The van der Waals surface area contributed by atoms with E-state index >= 15 is 0 Å². The van der Waals surface area contributed by atoms with Crippen LogP contribution in [0.3, 0.4) is 0 Å². The fourth-order valence-corrected chi connectivity index (χ4v) is 2.70. The van der Waals surface area contributed by atoms with Crippen molar-refractivity contribution >= 4 is 15.9 Å². The Morgan fingerprint density at radius 1 is 1.26 bits per heavy atom. The Bertz CT molecular complexity index is 337. The predicted octanol–water partition coefficient (Wildman–Crippen LogP) is 5.10. The highest BCUT2D eigenvalue weighted by Gasteiger charge is 2.17. The zero-order chi connectivity index (χ0) is 14.1. The molecule has 108 valence electrons. The molecule has 0 bridgehead atoms. The van der Waals surface area contributed by atoms with Crippen LogP contribution in [0.5, 0.6) is 0 Å². The van der Waals surface area contributed by atoms with Crippen molar-refractivity contribution < 1.29 is 0 Å². The molecule has 1 N–H and O–H groups in total. The predicted molar refractivity (Wildman–Crippen MR) is 86.3 cm³/mol. The monoisotopic (exact) mass is 326 g/mol. The standard InChI is InChI=1S/C16H27BrN2/c1-4-7-8-13(5-2)11-16(18-6-3)15-10-9-14(17)12-19-15/h9-10,12-13,16,18H,4-8,11H2,1-3H3. The van der Waals surface area contributed by atoms with E-state index < -0.39 is 0 Å². The maximum absolute atomic E-state index is 4.56. The smallest absolute Gasteiger partial charge is 0.0574 e. The number of hydrogen-bond donors (Lipinski definition) is 1. The largest absolute Gasteiger partial charge is 0.309 e. The lowest BCUT2D eigenvalue weighted by Crippen LogP contribution is -2.24. The molecule has 0 aliphatic heterocycles. The highest BCUT2D eigenvalue weighted by atomic mass is 79.9. The summed E-state index contributed by atoms with van der Waals surface area (Å²) in [4.78, 5) is 4.56. The first kappa shape index (κ1) is 16.6. The molecule has 2 unspecified atom stereocenters. The molecule has 0 spiro atoms. The third kappa shape index (κ3) is 6.05. The zero-order valence-corrected chi connectivity index (χ0v) is 14.0. The summed E-state index contributed by atoms with van der Waals surface area (Å²) in [6.45, 7) is 7.73. The van der Waals surface area contributed by atoms with Crippen molar-refractivity contribution in [2.75, 3.05) is 6.54 Å². The van der Waals surface area contributed by atoms with E-state index in [1.807, 2.05) is 6.20 Å². The summed E-state index contributed by atoms with van der Waals surface area (Å²) in [6, 6.07) is 4.60. The Hall–Kier alpha value is -0.410. The highest BCUT2D eigenvalue weighted by Crippen LogP contribution is 2.26. The van der Waals surface area contributed by atoms with Gasteiger partial charge in [-0.15, -0.1) is 0 Å². The van der Waals surface area contributed by atoms with Gasteiger partial charge in [0.2, 0.25) is 0 Å². The average Bonchev–Trinajstić information content (AvgIpc) is 2.43. The first-order valence-electron chi connectivity index (χ1n) is 7.56. The van der Waals surface area contributed by atoms with E-state index in [9.17, 15) is 0 Å². The van der Waals surface area contributed by atoms with E-state index in [1.165, 1.54) is 37.8 Å². The molecule has 0 radical (unpaired) electrons. The van der Waals surface area contributed by atoms with E-state index in [0.29, 0.717) is 6.04 Å². The molecule has 2 nitrogen and oxygen atoms in total. The quantitative estimate of drug-likeness (QED) is 0.682. The van der Waals surface area contributed by atoms with Gasteiger partial charge in [-0.1, -0.05) is 46.5 Å². The third-order valence-corrected chi connectivity index (χ3v) is 4.14. The lowest BCUT2D eigenvalue weighted by atomic mass is 9.90. The molecule has 0 saturated carbocycles. The molecule has 1 aromatic rings. The number of nitrogens with zero attached hydrogens (tertiary/aromatic N) is 1. The van der Waals surface area contributed by atoms with Gasteiger partial charge in [0, 0.05) is 16.7 Å². The van der Waals surface area contributed by atoms with E-state index in [4.69, 9.17) is 0 Å². The number of rotatable bonds is 9. The van der Waals surface area contributed by atoms with Crippen molar-refractivity contribution in [3.05, 3.63) is 28.5 Å². The van der Waals surface area contributed by atoms with Crippen LogP contribution in [0.4, 0.5) is 0 Å². The summed E-state index contributed by atoms with van der Waals surface area (Å²) >= 11 is 3.45. The molecule has 0 saturated heterocycles. The van der Waals surface area contributed by atoms with Crippen molar-refractivity contribution in [2.45, 2.75) is 58.9 Å². The summed E-state index contributed by atoms with van der Waals surface area (Å²) in [7, 11) is 0. The Kier molecular flexibility index (Phi) is 8.31.